The van der Waals surface area contributed by atoms with Gasteiger partial charge in [0.1, 0.15) is 0 Å². The fraction of sp³-hybridized carbons (Fsp3) is 0.667. The van der Waals surface area contributed by atoms with Gasteiger partial charge in [-0.3, -0.25) is 0 Å². The molecule has 90 valence electrons. The van der Waals surface area contributed by atoms with E-state index in [1.807, 2.05) is 0 Å². The molecule has 0 aliphatic rings. The molecule has 1 aromatic rings. The summed E-state index contributed by atoms with van der Waals surface area (Å²) in [6.45, 7) is 4.97. The number of rotatable bonds is 7. The van der Waals surface area contributed by atoms with Gasteiger partial charge in [0.25, 0.3) is 0 Å². The highest BCUT2D eigenvalue weighted by molar-refractivity contribution is 5.78. The van der Waals surface area contributed by atoms with Crippen molar-refractivity contribution >= 4 is 5.97 Å². The van der Waals surface area contributed by atoms with E-state index in [-0.39, 0.29) is 5.89 Å². The summed E-state index contributed by atoms with van der Waals surface area (Å²) in [5.74, 6) is -0.842. The Bertz CT molecular complexity index is 333. The van der Waals surface area contributed by atoms with Crippen molar-refractivity contribution in [2.24, 2.45) is 5.92 Å². The highest BCUT2D eigenvalue weighted by Crippen LogP contribution is 2.12. The Morgan fingerprint density at radius 2 is 2.31 bits per heavy atom. The molecule has 0 bridgehead atoms. The average Bonchev–Trinajstić information content (AvgIpc) is 2.72. The summed E-state index contributed by atoms with van der Waals surface area (Å²) in [6, 6.07) is 0. The SMILES string of the molecule is CCCCC(CC)C[n+]1ccoc1C(=O)[O-]. The van der Waals surface area contributed by atoms with Crippen LogP contribution in [0.2, 0.25) is 0 Å². The van der Waals surface area contributed by atoms with Crippen LogP contribution in [0.15, 0.2) is 16.9 Å². The molecule has 16 heavy (non-hydrogen) atoms. The predicted octanol–water partition coefficient (Wildman–Crippen LogP) is 1.15. The maximum atomic E-state index is 10.7. The van der Waals surface area contributed by atoms with Crippen molar-refractivity contribution in [1.82, 2.24) is 0 Å². The third-order valence-electron chi connectivity index (χ3n) is 2.85. The lowest BCUT2D eigenvalue weighted by Crippen LogP contribution is -2.44. The van der Waals surface area contributed by atoms with Gasteiger partial charge in [0.15, 0.2) is 18.8 Å². The Morgan fingerprint density at radius 1 is 1.56 bits per heavy atom. The zero-order valence-corrected chi connectivity index (χ0v) is 9.94. The lowest BCUT2D eigenvalue weighted by Gasteiger charge is -2.10. The molecule has 0 N–H and O–H groups in total. The molecular weight excluding hydrogens is 206 g/mol. The van der Waals surface area contributed by atoms with Crippen LogP contribution in [-0.4, -0.2) is 5.97 Å². The van der Waals surface area contributed by atoms with Crippen LogP contribution < -0.4 is 9.67 Å². The average molecular weight is 225 g/mol. The summed E-state index contributed by atoms with van der Waals surface area (Å²) < 4.78 is 6.50. The van der Waals surface area contributed by atoms with Crippen LogP contribution in [0.25, 0.3) is 0 Å². The number of oxazole rings is 1. The first-order valence-corrected chi connectivity index (χ1v) is 5.87. The molecular formula is C12H19NO3. The highest BCUT2D eigenvalue weighted by atomic mass is 16.4. The summed E-state index contributed by atoms with van der Waals surface area (Å²) >= 11 is 0. The summed E-state index contributed by atoms with van der Waals surface area (Å²) in [7, 11) is 0. The molecule has 0 aliphatic heterocycles. The second kappa shape index (κ2) is 6.30. The minimum Gasteiger partial charge on any atom is -0.537 e. The molecule has 4 nitrogen and oxygen atoms in total. The maximum absolute atomic E-state index is 10.7. The van der Waals surface area contributed by atoms with Crippen LogP contribution in [0.4, 0.5) is 0 Å². The van der Waals surface area contributed by atoms with Crippen molar-refractivity contribution in [2.75, 3.05) is 0 Å². The number of carboxylic acid groups (broad SMARTS) is 1. The van der Waals surface area contributed by atoms with Crippen molar-refractivity contribution in [3.8, 4) is 0 Å². The number of aromatic nitrogens is 1. The summed E-state index contributed by atoms with van der Waals surface area (Å²) in [5.41, 5.74) is 0. The first-order valence-electron chi connectivity index (χ1n) is 5.87. The normalized spacial score (nSPS) is 12.6. The van der Waals surface area contributed by atoms with E-state index in [0.717, 1.165) is 12.8 Å². The lowest BCUT2D eigenvalue weighted by atomic mass is 9.99. The third-order valence-corrected chi connectivity index (χ3v) is 2.85. The van der Waals surface area contributed by atoms with Crippen LogP contribution >= 0.6 is 0 Å². The monoisotopic (exact) mass is 225 g/mol. The fourth-order valence-electron chi connectivity index (χ4n) is 1.81. The molecule has 0 saturated carbocycles. The van der Waals surface area contributed by atoms with Gasteiger partial charge in [-0.05, 0) is 12.8 Å². The Kier molecular flexibility index (Phi) is 5.02. The second-order valence-corrected chi connectivity index (χ2v) is 4.06. The van der Waals surface area contributed by atoms with E-state index in [2.05, 4.69) is 13.8 Å². The van der Waals surface area contributed by atoms with Gasteiger partial charge in [0, 0.05) is 5.92 Å². The van der Waals surface area contributed by atoms with Gasteiger partial charge in [-0.25, -0.2) is 0 Å². The second-order valence-electron chi connectivity index (χ2n) is 4.06. The van der Waals surface area contributed by atoms with Crippen molar-refractivity contribution in [3.63, 3.8) is 0 Å². The highest BCUT2D eigenvalue weighted by Gasteiger charge is 2.20. The fourth-order valence-corrected chi connectivity index (χ4v) is 1.81. The number of aromatic carboxylic acids is 1. The number of carboxylic acids is 1. The van der Waals surface area contributed by atoms with E-state index in [9.17, 15) is 9.90 Å². The molecule has 1 unspecified atom stereocenters. The standard InChI is InChI=1S/C12H19NO3/c1-3-5-6-10(4-2)9-13-7-8-16-11(13)12(14)15/h7-8,10H,3-6,9H2,1-2H3. The summed E-state index contributed by atoms with van der Waals surface area (Å²) in [5, 5.41) is 10.7. The number of carbonyl (C=O) groups excluding carboxylic acids is 1. The van der Waals surface area contributed by atoms with Crippen molar-refractivity contribution in [2.45, 2.75) is 46.1 Å². The van der Waals surface area contributed by atoms with Crippen LogP contribution in [0.1, 0.15) is 50.2 Å². The predicted molar refractivity (Wildman–Crippen MR) is 56.5 cm³/mol. The number of carbonyl (C=O) groups is 1. The summed E-state index contributed by atoms with van der Waals surface area (Å²) in [4.78, 5) is 10.7. The number of hydrogen-bond acceptors (Lipinski definition) is 3. The first-order chi connectivity index (χ1) is 7.69. The van der Waals surface area contributed by atoms with Gasteiger partial charge in [0.05, 0.1) is 0 Å². The van der Waals surface area contributed by atoms with Crippen LogP contribution in [0.5, 0.6) is 0 Å². The Hall–Kier alpha value is -1.32. The summed E-state index contributed by atoms with van der Waals surface area (Å²) in [6.07, 6.45) is 7.55. The molecule has 1 rings (SSSR count). The topological polar surface area (TPSA) is 57.2 Å². The van der Waals surface area contributed by atoms with Crippen molar-refractivity contribution in [3.05, 3.63) is 18.4 Å². The van der Waals surface area contributed by atoms with E-state index < -0.39 is 5.97 Å². The molecule has 0 saturated heterocycles. The molecule has 1 aromatic heterocycles. The molecule has 0 aliphatic carbocycles. The van der Waals surface area contributed by atoms with Gasteiger partial charge >= 0.3 is 5.89 Å². The first kappa shape index (κ1) is 12.7. The zero-order valence-electron chi connectivity index (χ0n) is 9.94. The molecule has 0 fully saturated rings. The lowest BCUT2D eigenvalue weighted by molar-refractivity contribution is -0.710. The van der Waals surface area contributed by atoms with Gasteiger partial charge in [-0.1, -0.05) is 26.7 Å². The maximum Gasteiger partial charge on any atom is 0.396 e. The smallest absolute Gasteiger partial charge is 0.396 e. The number of unbranched alkanes of at least 4 members (excludes halogenated alkanes) is 1. The van der Waals surface area contributed by atoms with Crippen LogP contribution in [0.3, 0.4) is 0 Å². The van der Waals surface area contributed by atoms with Crippen LogP contribution in [0, 0.1) is 5.92 Å². The largest absolute Gasteiger partial charge is 0.537 e. The molecule has 4 heteroatoms. The zero-order chi connectivity index (χ0) is 12.0. The molecule has 0 spiro atoms. The van der Waals surface area contributed by atoms with E-state index in [0.29, 0.717) is 12.5 Å². The number of nitrogens with zero attached hydrogens (tertiary/aromatic N) is 1. The van der Waals surface area contributed by atoms with E-state index in [1.165, 1.54) is 19.1 Å². The quantitative estimate of drug-likeness (QED) is 0.654. The van der Waals surface area contributed by atoms with E-state index >= 15 is 0 Å². The van der Waals surface area contributed by atoms with Gasteiger partial charge in [-0.2, -0.15) is 4.57 Å². The molecule has 0 radical (unpaired) electrons. The van der Waals surface area contributed by atoms with Crippen molar-refractivity contribution < 1.29 is 18.9 Å². The Morgan fingerprint density at radius 3 is 2.88 bits per heavy atom. The molecule has 1 heterocycles. The Balaban J connectivity index is 2.62. The Labute approximate surface area is 95.9 Å². The molecule has 0 amide bonds. The van der Waals surface area contributed by atoms with Gasteiger partial charge in [0.2, 0.25) is 6.20 Å². The minimum atomic E-state index is -1.25. The number of hydrogen-bond donors (Lipinski definition) is 0. The third kappa shape index (κ3) is 3.36. The van der Waals surface area contributed by atoms with E-state index in [4.69, 9.17) is 4.42 Å². The minimum absolute atomic E-state index is 0.0880. The van der Waals surface area contributed by atoms with Gasteiger partial charge in [-0.15, -0.1) is 0 Å². The van der Waals surface area contributed by atoms with Crippen molar-refractivity contribution in [1.29, 1.82) is 0 Å². The van der Waals surface area contributed by atoms with Crippen LogP contribution in [-0.2, 0) is 6.54 Å². The van der Waals surface area contributed by atoms with Gasteiger partial charge < -0.3 is 14.3 Å². The molecule has 0 aromatic carbocycles. The van der Waals surface area contributed by atoms with E-state index in [1.54, 1.807) is 10.8 Å². The molecule has 1 atom stereocenters.